The van der Waals surface area contributed by atoms with Gasteiger partial charge in [-0.15, -0.1) is 11.3 Å². The molecule has 2 atom stereocenters. The Morgan fingerprint density at radius 1 is 1.26 bits per heavy atom. The summed E-state index contributed by atoms with van der Waals surface area (Å²) in [6, 6.07) is 0.200. The lowest BCUT2D eigenvalue weighted by atomic mass is 9.96. The second kappa shape index (κ2) is 11.8. The summed E-state index contributed by atoms with van der Waals surface area (Å²) in [5.74, 6) is 0.393. The number of hydrogen-bond acceptors (Lipinski definition) is 5. The molecule has 0 aromatic carbocycles. The Morgan fingerprint density at radius 2 is 1.93 bits per heavy atom. The molecule has 1 aromatic rings. The number of carbonyl (C=O) groups is 1. The van der Waals surface area contributed by atoms with E-state index in [0.29, 0.717) is 17.1 Å². The van der Waals surface area contributed by atoms with E-state index in [2.05, 4.69) is 43.3 Å². The summed E-state index contributed by atoms with van der Waals surface area (Å²) in [4.78, 5) is 18.3. The molecule has 0 saturated carbocycles. The van der Waals surface area contributed by atoms with Gasteiger partial charge < -0.3 is 15.7 Å². The van der Waals surface area contributed by atoms with Crippen molar-refractivity contribution in [3.63, 3.8) is 0 Å². The van der Waals surface area contributed by atoms with Crippen LogP contribution in [0.4, 0.5) is 5.13 Å². The van der Waals surface area contributed by atoms with Crippen LogP contribution < -0.4 is 10.6 Å². The highest BCUT2D eigenvalue weighted by molar-refractivity contribution is 7.15. The normalized spacial score (nSPS) is 14.4. The van der Waals surface area contributed by atoms with E-state index in [1.54, 1.807) is 11.3 Å². The van der Waals surface area contributed by atoms with Gasteiger partial charge in [-0.25, -0.2) is 4.98 Å². The summed E-state index contributed by atoms with van der Waals surface area (Å²) in [7, 11) is 0. The Balaban J connectivity index is 2.61. The summed E-state index contributed by atoms with van der Waals surface area (Å²) in [6.07, 6.45) is 8.48. The van der Waals surface area contributed by atoms with Crippen LogP contribution in [0.3, 0.4) is 0 Å². The maximum atomic E-state index is 12.7. The van der Waals surface area contributed by atoms with E-state index < -0.39 is 5.60 Å². The maximum Gasteiger partial charge on any atom is 0.243 e. The van der Waals surface area contributed by atoms with E-state index in [0.717, 1.165) is 44.9 Å². The van der Waals surface area contributed by atoms with Gasteiger partial charge in [0.05, 0.1) is 11.6 Å². The number of aromatic nitrogens is 1. The first-order chi connectivity index (χ1) is 12.7. The second-order valence-electron chi connectivity index (χ2n) is 8.18. The molecule has 156 valence electrons. The zero-order valence-corrected chi connectivity index (χ0v) is 18.8. The lowest BCUT2D eigenvalue weighted by Gasteiger charge is -2.23. The first kappa shape index (κ1) is 24.1. The highest BCUT2D eigenvalue weighted by Gasteiger charge is 2.21. The fourth-order valence-corrected chi connectivity index (χ4v) is 4.04. The van der Waals surface area contributed by atoms with Crippen molar-refractivity contribution in [1.29, 1.82) is 0 Å². The average molecular weight is 398 g/mol. The minimum absolute atomic E-state index is 0.0133. The molecule has 1 rings (SSSR count). The van der Waals surface area contributed by atoms with Gasteiger partial charge in [-0.3, -0.25) is 4.79 Å². The third-order valence-electron chi connectivity index (χ3n) is 4.98. The number of anilines is 1. The van der Waals surface area contributed by atoms with Gasteiger partial charge in [-0.2, -0.15) is 0 Å². The number of amides is 1. The molecule has 1 heterocycles. The Kier molecular flexibility index (Phi) is 10.5. The molecule has 5 nitrogen and oxygen atoms in total. The number of rotatable bonds is 13. The fraction of sp³-hybridized carbons (Fsp3) is 0.810. The summed E-state index contributed by atoms with van der Waals surface area (Å²) < 4.78 is 0. The van der Waals surface area contributed by atoms with Crippen molar-refractivity contribution in [1.82, 2.24) is 10.3 Å². The minimum atomic E-state index is -0.608. The van der Waals surface area contributed by atoms with Crippen molar-refractivity contribution in [2.75, 3.05) is 5.32 Å². The van der Waals surface area contributed by atoms with Crippen molar-refractivity contribution in [2.24, 2.45) is 0 Å². The van der Waals surface area contributed by atoms with Crippen molar-refractivity contribution >= 4 is 22.4 Å². The third-order valence-corrected chi connectivity index (χ3v) is 6.13. The van der Waals surface area contributed by atoms with Crippen LogP contribution in [0, 0.1) is 0 Å². The smallest absolute Gasteiger partial charge is 0.243 e. The van der Waals surface area contributed by atoms with E-state index >= 15 is 0 Å². The predicted molar refractivity (Wildman–Crippen MR) is 116 cm³/mol. The molecule has 0 radical (unpaired) electrons. The molecule has 0 aliphatic carbocycles. The molecule has 0 saturated heterocycles. The van der Waals surface area contributed by atoms with Gasteiger partial charge in [0, 0.05) is 17.1 Å². The van der Waals surface area contributed by atoms with E-state index in [1.165, 1.54) is 4.88 Å². The van der Waals surface area contributed by atoms with Crippen LogP contribution in [0.1, 0.15) is 97.3 Å². The predicted octanol–water partition coefficient (Wildman–Crippen LogP) is 5.07. The van der Waals surface area contributed by atoms with E-state index in [-0.39, 0.29) is 11.9 Å². The van der Waals surface area contributed by atoms with Crippen LogP contribution >= 0.6 is 11.3 Å². The molecule has 0 spiro atoms. The maximum absolute atomic E-state index is 12.7. The molecular formula is C21H39N3O2S. The highest BCUT2D eigenvalue weighted by atomic mass is 32.1. The van der Waals surface area contributed by atoms with E-state index in [1.807, 2.05) is 20.0 Å². The first-order valence-corrected chi connectivity index (χ1v) is 11.3. The Labute approximate surface area is 169 Å². The fourth-order valence-electron chi connectivity index (χ4n) is 3.14. The van der Waals surface area contributed by atoms with Crippen molar-refractivity contribution in [3.05, 3.63) is 11.1 Å². The van der Waals surface area contributed by atoms with Crippen LogP contribution in [0.25, 0.3) is 0 Å². The molecular weight excluding hydrogens is 358 g/mol. The van der Waals surface area contributed by atoms with Crippen LogP contribution in [0.2, 0.25) is 0 Å². The second-order valence-corrected chi connectivity index (χ2v) is 9.25. The topological polar surface area (TPSA) is 74.2 Å². The van der Waals surface area contributed by atoms with E-state index in [4.69, 9.17) is 0 Å². The Morgan fingerprint density at radius 3 is 2.48 bits per heavy atom. The quantitative estimate of drug-likeness (QED) is 0.434. The first-order valence-electron chi connectivity index (χ1n) is 10.4. The average Bonchev–Trinajstić information content (AvgIpc) is 3.06. The number of nitrogens with one attached hydrogen (secondary N) is 2. The van der Waals surface area contributed by atoms with Crippen LogP contribution in [0.5, 0.6) is 0 Å². The van der Waals surface area contributed by atoms with Crippen molar-refractivity contribution in [3.8, 4) is 0 Å². The number of thiazole rings is 1. The molecule has 1 aromatic heterocycles. The summed E-state index contributed by atoms with van der Waals surface area (Å²) in [5, 5.41) is 17.0. The molecule has 1 amide bonds. The van der Waals surface area contributed by atoms with Gasteiger partial charge in [0.2, 0.25) is 5.91 Å². The number of carbonyl (C=O) groups excluding carboxylic acids is 1. The summed E-state index contributed by atoms with van der Waals surface area (Å²) >= 11 is 1.56. The largest absolute Gasteiger partial charge is 0.390 e. The zero-order valence-electron chi connectivity index (χ0n) is 18.0. The van der Waals surface area contributed by atoms with Gasteiger partial charge in [0.25, 0.3) is 0 Å². The lowest BCUT2D eigenvalue weighted by molar-refractivity contribution is -0.118. The summed E-state index contributed by atoms with van der Waals surface area (Å²) in [5.41, 5.74) is -0.608. The van der Waals surface area contributed by atoms with Crippen LogP contribution in [-0.4, -0.2) is 33.7 Å². The number of hydrogen-bond donors (Lipinski definition) is 3. The number of nitrogens with zero attached hydrogens (tertiary/aromatic N) is 1. The summed E-state index contributed by atoms with van der Waals surface area (Å²) in [6.45, 7) is 12.3. The Bertz CT molecular complexity index is 550. The SMILES string of the molecule is CCC[C@H](NC(CC)CC)C(=O)Nc1ncc(C(C)CCCC(C)(C)O)s1. The Hall–Kier alpha value is -0.980. The van der Waals surface area contributed by atoms with E-state index in [9.17, 15) is 9.90 Å². The van der Waals surface area contributed by atoms with Gasteiger partial charge in [-0.1, -0.05) is 34.1 Å². The minimum Gasteiger partial charge on any atom is -0.390 e. The molecule has 3 N–H and O–H groups in total. The lowest BCUT2D eigenvalue weighted by Crippen LogP contribution is -2.45. The van der Waals surface area contributed by atoms with Gasteiger partial charge in [0.15, 0.2) is 5.13 Å². The zero-order chi connectivity index (χ0) is 20.4. The number of aliphatic hydroxyl groups is 1. The molecule has 6 heteroatoms. The molecule has 0 aliphatic heterocycles. The van der Waals surface area contributed by atoms with Gasteiger partial charge in [-0.05, 0) is 58.3 Å². The van der Waals surface area contributed by atoms with Gasteiger partial charge >= 0.3 is 0 Å². The monoisotopic (exact) mass is 397 g/mol. The molecule has 0 fully saturated rings. The molecule has 0 bridgehead atoms. The van der Waals surface area contributed by atoms with Crippen molar-refractivity contribution in [2.45, 2.75) is 110 Å². The standard InChI is InChI=1S/C21H39N3O2S/c1-7-11-17(23-16(8-2)9-3)19(25)24-20-22-14-18(27-20)15(4)12-10-13-21(5,6)26/h14-17,23,26H,7-13H2,1-6H3,(H,22,24,25)/t15?,17-/m0/s1. The van der Waals surface area contributed by atoms with Crippen LogP contribution in [-0.2, 0) is 4.79 Å². The molecule has 27 heavy (non-hydrogen) atoms. The van der Waals surface area contributed by atoms with Crippen molar-refractivity contribution < 1.29 is 9.90 Å². The highest BCUT2D eigenvalue weighted by Crippen LogP contribution is 2.30. The van der Waals surface area contributed by atoms with Crippen LogP contribution in [0.15, 0.2) is 6.20 Å². The van der Waals surface area contributed by atoms with Gasteiger partial charge in [0.1, 0.15) is 0 Å². The molecule has 0 aliphatic rings. The third kappa shape index (κ3) is 9.17. The molecule has 1 unspecified atom stereocenters.